The van der Waals surface area contributed by atoms with Gasteiger partial charge in [0.2, 0.25) is 0 Å². The molecule has 0 fully saturated rings. The maximum atomic E-state index is 10.2. The molecule has 2 aromatic heterocycles. The zero-order chi connectivity index (χ0) is 9.52. The number of rotatable bonds is 1. The average Bonchev–Trinajstić information content (AvgIpc) is 2.82. The summed E-state index contributed by atoms with van der Waals surface area (Å²) in [7, 11) is 0. The fourth-order valence-electron chi connectivity index (χ4n) is 0.521. The van der Waals surface area contributed by atoms with Crippen molar-refractivity contribution in [3.63, 3.8) is 0 Å². The summed E-state index contributed by atoms with van der Waals surface area (Å²) in [6.45, 7) is 0. The van der Waals surface area contributed by atoms with Crippen LogP contribution in [0, 0.1) is 0 Å². The molecule has 0 atom stereocenters. The number of carbonyl (C=O) groups is 1. The summed E-state index contributed by atoms with van der Waals surface area (Å²) in [5, 5.41) is 2.07. The molecule has 68 valence electrons. The fourth-order valence-corrected chi connectivity index (χ4v) is 1.01. The largest absolute Gasteiger partial charge is 0.452 e. The van der Waals surface area contributed by atoms with Gasteiger partial charge in [0.05, 0.1) is 6.20 Å². The smallest absolute Gasteiger partial charge is 0.277 e. The van der Waals surface area contributed by atoms with Crippen LogP contribution in [0.3, 0.4) is 0 Å². The molecule has 0 radical (unpaired) electrons. The second kappa shape index (κ2) is 5.04. The number of hydrogen-bond acceptors (Lipinski definition) is 5. The molecule has 0 saturated carbocycles. The highest BCUT2D eigenvalue weighted by Gasteiger charge is 1.98. The van der Waals surface area contributed by atoms with Gasteiger partial charge in [-0.2, -0.15) is 0 Å². The van der Waals surface area contributed by atoms with Gasteiger partial charge in [0.15, 0.2) is 11.4 Å². The van der Waals surface area contributed by atoms with E-state index in [0.29, 0.717) is 5.01 Å². The second-order valence-corrected chi connectivity index (χ2v) is 2.77. The minimum Gasteiger partial charge on any atom is -0.452 e. The summed E-state index contributed by atoms with van der Waals surface area (Å²) in [5.74, 6) is -0.458. The Labute approximate surface area is 78.2 Å². The van der Waals surface area contributed by atoms with Crippen LogP contribution >= 0.6 is 11.3 Å². The predicted molar refractivity (Wildman–Crippen MR) is 47.1 cm³/mol. The highest BCUT2D eigenvalue weighted by Crippen LogP contribution is 2.00. The Morgan fingerprint density at radius 3 is 2.62 bits per heavy atom. The minimum absolute atomic E-state index is 0.366. The number of oxazole rings is 1. The average molecular weight is 197 g/mol. The first kappa shape index (κ1) is 9.40. The van der Waals surface area contributed by atoms with Crippen LogP contribution in [0.15, 0.2) is 34.8 Å². The third-order valence-corrected chi connectivity index (χ3v) is 1.78. The molecule has 2 rings (SSSR count). The normalized spacial score (nSPS) is 8.62. The second-order valence-electron chi connectivity index (χ2n) is 1.88. The minimum atomic E-state index is -0.458. The highest BCUT2D eigenvalue weighted by atomic mass is 32.1. The van der Waals surface area contributed by atoms with Gasteiger partial charge in [-0.25, -0.2) is 9.97 Å². The van der Waals surface area contributed by atoms with Gasteiger partial charge in [0, 0.05) is 11.6 Å². The molecule has 6 heteroatoms. The number of nitrogens with two attached hydrogens (primary N) is 1. The number of primary amides is 1. The van der Waals surface area contributed by atoms with Gasteiger partial charge in [-0.15, -0.1) is 11.3 Å². The summed E-state index contributed by atoms with van der Waals surface area (Å²) in [4.78, 5) is 17.4. The highest BCUT2D eigenvalue weighted by molar-refractivity contribution is 7.11. The number of thiazole rings is 1. The number of aromatic nitrogens is 2. The number of nitrogens with zero attached hydrogens (tertiary/aromatic N) is 2. The molecule has 2 N–H and O–H groups in total. The molecule has 0 aliphatic heterocycles. The molecule has 0 aliphatic carbocycles. The number of amides is 1. The van der Waals surface area contributed by atoms with Crippen molar-refractivity contribution >= 4 is 17.2 Å². The first-order chi connectivity index (χ1) is 6.30. The molecule has 0 saturated heterocycles. The molecule has 0 aliphatic rings. The molecule has 0 bridgehead atoms. The Hall–Kier alpha value is -1.69. The Bertz CT molecular complexity index is 313. The van der Waals surface area contributed by atoms with Crippen molar-refractivity contribution in [3.8, 4) is 0 Å². The fraction of sp³-hybridized carbons (Fsp3) is 0. The predicted octanol–water partition coefficient (Wildman–Crippen LogP) is 0.917. The standard InChI is InChI=1S/C4H4N2OS.C3H3NO/c5-3(7)4-6-1-2-8-4;1-2-5-3-4-1/h1-2H,(H2,5,7);1-3H. The molecule has 5 nitrogen and oxygen atoms in total. The van der Waals surface area contributed by atoms with Gasteiger partial charge in [-0.1, -0.05) is 0 Å². The van der Waals surface area contributed by atoms with Crippen molar-refractivity contribution in [3.05, 3.63) is 35.4 Å². The van der Waals surface area contributed by atoms with Crippen molar-refractivity contribution in [2.24, 2.45) is 5.73 Å². The van der Waals surface area contributed by atoms with E-state index in [1.807, 2.05) is 0 Å². The van der Waals surface area contributed by atoms with E-state index in [-0.39, 0.29) is 0 Å². The Kier molecular flexibility index (Phi) is 3.65. The van der Waals surface area contributed by atoms with E-state index in [1.54, 1.807) is 17.8 Å². The molecular formula is C7H7N3O2S. The van der Waals surface area contributed by atoms with Crippen LogP contribution < -0.4 is 5.73 Å². The lowest BCUT2D eigenvalue weighted by molar-refractivity contribution is 0.1000. The molecule has 0 spiro atoms. The van der Waals surface area contributed by atoms with E-state index in [4.69, 9.17) is 5.73 Å². The zero-order valence-corrected chi connectivity index (χ0v) is 7.40. The van der Waals surface area contributed by atoms with E-state index >= 15 is 0 Å². The number of carbonyl (C=O) groups excluding carboxylic acids is 1. The monoisotopic (exact) mass is 197 g/mol. The Morgan fingerprint density at radius 1 is 1.54 bits per heavy atom. The van der Waals surface area contributed by atoms with E-state index < -0.39 is 5.91 Å². The van der Waals surface area contributed by atoms with E-state index in [2.05, 4.69) is 14.4 Å². The first-order valence-corrected chi connectivity index (χ1v) is 4.20. The summed E-state index contributed by atoms with van der Waals surface area (Å²) in [5.41, 5.74) is 4.87. The quantitative estimate of drug-likeness (QED) is 0.736. The van der Waals surface area contributed by atoms with Crippen molar-refractivity contribution in [1.82, 2.24) is 9.97 Å². The van der Waals surface area contributed by atoms with E-state index in [1.165, 1.54) is 24.0 Å². The van der Waals surface area contributed by atoms with Gasteiger partial charge in [0.25, 0.3) is 5.91 Å². The topological polar surface area (TPSA) is 82.0 Å². The van der Waals surface area contributed by atoms with Crippen LogP contribution in [0.1, 0.15) is 9.80 Å². The molecule has 0 aromatic carbocycles. The van der Waals surface area contributed by atoms with Gasteiger partial charge in [-0.3, -0.25) is 4.79 Å². The van der Waals surface area contributed by atoms with Crippen molar-refractivity contribution in [2.45, 2.75) is 0 Å². The van der Waals surface area contributed by atoms with Gasteiger partial charge < -0.3 is 10.2 Å². The van der Waals surface area contributed by atoms with Crippen LogP contribution in [-0.2, 0) is 0 Å². The van der Waals surface area contributed by atoms with Crippen molar-refractivity contribution in [1.29, 1.82) is 0 Å². The number of hydrogen-bond donors (Lipinski definition) is 1. The third kappa shape index (κ3) is 3.48. The molecular weight excluding hydrogens is 190 g/mol. The van der Waals surface area contributed by atoms with Crippen LogP contribution in [0.2, 0.25) is 0 Å². The zero-order valence-electron chi connectivity index (χ0n) is 6.58. The maximum absolute atomic E-state index is 10.2. The molecule has 0 unspecified atom stereocenters. The van der Waals surface area contributed by atoms with Crippen LogP contribution in [0.5, 0.6) is 0 Å². The van der Waals surface area contributed by atoms with Crippen LogP contribution in [0.25, 0.3) is 0 Å². The third-order valence-electron chi connectivity index (χ3n) is 0.990. The molecule has 13 heavy (non-hydrogen) atoms. The Balaban J connectivity index is 0.000000145. The van der Waals surface area contributed by atoms with Crippen molar-refractivity contribution in [2.75, 3.05) is 0 Å². The van der Waals surface area contributed by atoms with Crippen molar-refractivity contribution < 1.29 is 9.21 Å². The summed E-state index contributed by atoms with van der Waals surface area (Å²) < 4.78 is 4.47. The molecule has 1 amide bonds. The van der Waals surface area contributed by atoms with E-state index in [0.717, 1.165) is 0 Å². The van der Waals surface area contributed by atoms with Crippen LogP contribution in [-0.4, -0.2) is 15.9 Å². The summed E-state index contributed by atoms with van der Waals surface area (Å²) in [6, 6.07) is 0. The lowest BCUT2D eigenvalue weighted by Crippen LogP contribution is -2.09. The maximum Gasteiger partial charge on any atom is 0.277 e. The molecule has 2 aromatic rings. The Morgan fingerprint density at radius 2 is 2.38 bits per heavy atom. The van der Waals surface area contributed by atoms with Gasteiger partial charge in [0.1, 0.15) is 6.26 Å². The lowest BCUT2D eigenvalue weighted by atomic mass is 10.7. The van der Waals surface area contributed by atoms with E-state index in [9.17, 15) is 4.79 Å². The lowest BCUT2D eigenvalue weighted by Gasteiger charge is -1.78. The SMILES string of the molecule is NC(=O)c1nccs1.c1cocn1. The first-order valence-electron chi connectivity index (χ1n) is 3.32. The summed E-state index contributed by atoms with van der Waals surface area (Å²) >= 11 is 1.25. The van der Waals surface area contributed by atoms with Gasteiger partial charge >= 0.3 is 0 Å². The summed E-state index contributed by atoms with van der Waals surface area (Å²) in [6.07, 6.45) is 6.02. The van der Waals surface area contributed by atoms with Gasteiger partial charge in [-0.05, 0) is 0 Å². The molecule has 2 heterocycles. The van der Waals surface area contributed by atoms with Crippen LogP contribution in [0.4, 0.5) is 0 Å².